The molecule has 1 aliphatic heterocycles. The lowest BCUT2D eigenvalue weighted by molar-refractivity contribution is 0.0998. The lowest BCUT2D eigenvalue weighted by Crippen LogP contribution is -2.40. The molecule has 0 amide bonds. The summed E-state index contributed by atoms with van der Waals surface area (Å²) in [6.45, 7) is -0.650. The summed E-state index contributed by atoms with van der Waals surface area (Å²) in [5.74, 6) is 0.568. The first kappa shape index (κ1) is 18.9. The van der Waals surface area contributed by atoms with Gasteiger partial charge in [0.25, 0.3) is 10.0 Å². The molecule has 0 fully saturated rings. The summed E-state index contributed by atoms with van der Waals surface area (Å²) >= 11 is 0. The van der Waals surface area contributed by atoms with E-state index in [2.05, 4.69) is 0 Å². The molecule has 0 aromatic heterocycles. The molecule has 7 nitrogen and oxygen atoms in total. The number of aliphatic hydroxyl groups excluding tert-OH is 1. The highest BCUT2D eigenvalue weighted by molar-refractivity contribution is 7.89. The third kappa shape index (κ3) is 3.41. The van der Waals surface area contributed by atoms with Gasteiger partial charge in [0.15, 0.2) is 0 Å². The van der Waals surface area contributed by atoms with Crippen LogP contribution in [-0.4, -0.2) is 51.0 Å². The Bertz CT molecular complexity index is 990. The van der Waals surface area contributed by atoms with Gasteiger partial charge in [-0.25, -0.2) is 8.42 Å². The molecule has 1 heterocycles. The van der Waals surface area contributed by atoms with E-state index in [4.69, 9.17) is 9.47 Å². The van der Waals surface area contributed by atoms with Gasteiger partial charge < -0.3 is 14.6 Å². The number of methoxy groups -OCH3 is 2. The smallest absolute Gasteiger partial charge is 0.265 e. The Hall–Kier alpha value is -2.84. The molecule has 0 radical (unpaired) electrons. The normalized spacial score (nSPS) is 16.9. The molecule has 8 heteroatoms. The number of allylic oxidation sites excluding steroid dienone is 1. The molecule has 0 unspecified atom stereocenters. The lowest BCUT2D eigenvalue weighted by Gasteiger charge is -2.30. The Kier molecular flexibility index (Phi) is 5.20. The molecule has 0 saturated carbocycles. The number of Topliss-reactive ketones (excluding diaryl/α,β-unsaturated/α-hetero) is 1. The summed E-state index contributed by atoms with van der Waals surface area (Å²) < 4.78 is 37.3. The van der Waals surface area contributed by atoms with Crippen LogP contribution >= 0.6 is 0 Å². The number of fused-ring (bicyclic) bond motifs is 1. The zero-order valence-electron chi connectivity index (χ0n) is 14.9. The Balaban J connectivity index is 2.21. The first-order valence-corrected chi connectivity index (χ1v) is 9.58. The minimum atomic E-state index is -3.96. The van der Waals surface area contributed by atoms with E-state index in [9.17, 15) is 18.3 Å². The lowest BCUT2D eigenvalue weighted by atomic mass is 10.0. The summed E-state index contributed by atoms with van der Waals surface area (Å²) in [4.78, 5) is 12.9. The summed E-state index contributed by atoms with van der Waals surface area (Å²) in [5.41, 5.74) is 0.595. The van der Waals surface area contributed by atoms with Crippen LogP contribution in [0.15, 0.2) is 53.1 Å². The summed E-state index contributed by atoms with van der Waals surface area (Å²) in [6, 6.07) is 11.0. The molecular formula is C19H19NO6S. The number of aliphatic hydroxyl groups is 1. The molecule has 2 aromatic carbocycles. The largest absolute Gasteiger partial charge is 0.497 e. The number of nitrogens with zero attached hydrogens (tertiary/aromatic N) is 1. The first-order valence-electron chi connectivity index (χ1n) is 8.14. The Morgan fingerprint density at radius 2 is 1.70 bits per heavy atom. The van der Waals surface area contributed by atoms with Crippen LogP contribution in [0, 0.1) is 0 Å². The van der Waals surface area contributed by atoms with Gasteiger partial charge >= 0.3 is 0 Å². The van der Waals surface area contributed by atoms with Crippen LogP contribution in [0.25, 0.3) is 6.08 Å². The van der Waals surface area contributed by atoms with Crippen LogP contribution in [0.1, 0.15) is 15.9 Å². The second-order valence-corrected chi connectivity index (χ2v) is 7.63. The zero-order chi connectivity index (χ0) is 19.6. The minimum absolute atomic E-state index is 0.0435. The van der Waals surface area contributed by atoms with Gasteiger partial charge in [0.2, 0.25) is 5.78 Å². The average molecular weight is 389 g/mol. The molecule has 2 aromatic rings. The maximum absolute atomic E-state index is 13.0. The third-order valence-corrected chi connectivity index (χ3v) is 6.05. The van der Waals surface area contributed by atoms with E-state index in [1.165, 1.54) is 32.4 Å². The second-order valence-electron chi connectivity index (χ2n) is 5.80. The molecular weight excluding hydrogens is 370 g/mol. The van der Waals surface area contributed by atoms with Gasteiger partial charge in [-0.15, -0.1) is 0 Å². The van der Waals surface area contributed by atoms with Crippen molar-refractivity contribution in [2.75, 3.05) is 27.4 Å². The molecule has 27 heavy (non-hydrogen) atoms. The predicted molar refractivity (Wildman–Crippen MR) is 99.3 cm³/mol. The summed E-state index contributed by atoms with van der Waals surface area (Å²) in [7, 11) is -0.964. The number of ketones is 1. The van der Waals surface area contributed by atoms with Crippen LogP contribution in [0.4, 0.5) is 0 Å². The Morgan fingerprint density at radius 3 is 2.30 bits per heavy atom. The van der Waals surface area contributed by atoms with Crippen molar-refractivity contribution in [1.29, 1.82) is 0 Å². The molecule has 0 saturated heterocycles. The van der Waals surface area contributed by atoms with Crippen molar-refractivity contribution in [3.05, 3.63) is 59.3 Å². The monoisotopic (exact) mass is 389 g/mol. The molecule has 0 spiro atoms. The number of carbonyl (C=O) groups excluding carboxylic acids is 1. The van der Waals surface area contributed by atoms with Gasteiger partial charge in [-0.3, -0.25) is 9.10 Å². The van der Waals surface area contributed by atoms with Crippen molar-refractivity contribution in [3.63, 3.8) is 0 Å². The van der Waals surface area contributed by atoms with Crippen LogP contribution < -0.4 is 9.47 Å². The second kappa shape index (κ2) is 7.42. The standard InChI is InChI=1S/C19H19NO6S/c1-25-14-9-13(10-15(12-14)26-2)11-17-19(22)16-5-3-4-6-18(16)27(23,24)20(17)7-8-21/h3-6,9-12,21H,7-8H2,1-2H3/b17-11+. The number of sulfonamides is 1. The zero-order valence-corrected chi connectivity index (χ0v) is 15.7. The van der Waals surface area contributed by atoms with Gasteiger partial charge in [-0.1, -0.05) is 12.1 Å². The van der Waals surface area contributed by atoms with E-state index in [1.807, 2.05) is 0 Å². The van der Waals surface area contributed by atoms with Crippen molar-refractivity contribution < 1.29 is 27.8 Å². The van der Waals surface area contributed by atoms with Gasteiger partial charge in [-0.2, -0.15) is 0 Å². The number of benzene rings is 2. The van der Waals surface area contributed by atoms with E-state index in [0.717, 1.165) is 4.31 Å². The fraction of sp³-hybridized carbons (Fsp3) is 0.211. The molecule has 0 bridgehead atoms. The topological polar surface area (TPSA) is 93.1 Å². The molecule has 3 rings (SSSR count). The highest BCUT2D eigenvalue weighted by Crippen LogP contribution is 2.33. The molecule has 0 aliphatic carbocycles. The van der Waals surface area contributed by atoms with Crippen molar-refractivity contribution in [2.24, 2.45) is 0 Å². The SMILES string of the molecule is COc1cc(/C=C2\C(=O)c3ccccc3S(=O)(=O)N2CCO)cc(OC)c1. The van der Waals surface area contributed by atoms with Crippen molar-refractivity contribution in [1.82, 2.24) is 4.31 Å². The predicted octanol–water partition coefficient (Wildman–Crippen LogP) is 1.92. The van der Waals surface area contributed by atoms with E-state index >= 15 is 0 Å². The number of ether oxygens (including phenoxy) is 2. The van der Waals surface area contributed by atoms with Gasteiger partial charge in [0.1, 0.15) is 17.2 Å². The van der Waals surface area contributed by atoms with Crippen LogP contribution in [0.5, 0.6) is 11.5 Å². The van der Waals surface area contributed by atoms with Gasteiger partial charge in [0.05, 0.1) is 32.3 Å². The van der Waals surface area contributed by atoms with E-state index < -0.39 is 22.4 Å². The molecule has 0 atom stereocenters. The third-order valence-electron chi connectivity index (χ3n) is 4.18. The van der Waals surface area contributed by atoms with Crippen LogP contribution in [-0.2, 0) is 10.0 Å². The maximum atomic E-state index is 13.0. The number of hydrogen-bond acceptors (Lipinski definition) is 6. The van der Waals surface area contributed by atoms with Crippen LogP contribution in [0.3, 0.4) is 0 Å². The van der Waals surface area contributed by atoms with Gasteiger partial charge in [-0.05, 0) is 35.9 Å². The van der Waals surface area contributed by atoms with Crippen LogP contribution in [0.2, 0.25) is 0 Å². The highest BCUT2D eigenvalue weighted by Gasteiger charge is 2.38. The van der Waals surface area contributed by atoms with E-state index in [1.54, 1.807) is 30.3 Å². The maximum Gasteiger partial charge on any atom is 0.265 e. The fourth-order valence-corrected chi connectivity index (χ4v) is 4.56. The average Bonchev–Trinajstić information content (AvgIpc) is 2.68. The molecule has 1 N–H and O–H groups in total. The number of rotatable bonds is 5. The molecule has 142 valence electrons. The van der Waals surface area contributed by atoms with E-state index in [-0.39, 0.29) is 22.7 Å². The Labute approximate surface area is 157 Å². The van der Waals surface area contributed by atoms with Crippen molar-refractivity contribution in [3.8, 4) is 11.5 Å². The Morgan fingerprint density at radius 1 is 1.07 bits per heavy atom. The van der Waals surface area contributed by atoms with Crippen molar-refractivity contribution in [2.45, 2.75) is 4.90 Å². The number of hydrogen-bond donors (Lipinski definition) is 1. The fourth-order valence-electron chi connectivity index (χ4n) is 2.92. The van der Waals surface area contributed by atoms with E-state index in [0.29, 0.717) is 17.1 Å². The summed E-state index contributed by atoms with van der Waals surface area (Å²) in [5, 5.41) is 9.35. The molecule has 1 aliphatic rings. The number of β-amino-alcohol motifs (C(OH)–C–C–N with tert-alkyl or cyclic N) is 1. The quantitative estimate of drug-likeness (QED) is 0.786. The minimum Gasteiger partial charge on any atom is -0.497 e. The van der Waals surface area contributed by atoms with Crippen molar-refractivity contribution >= 4 is 21.9 Å². The summed E-state index contributed by atoms with van der Waals surface area (Å²) in [6.07, 6.45) is 1.45. The highest BCUT2D eigenvalue weighted by atomic mass is 32.2. The first-order chi connectivity index (χ1) is 12.9. The number of carbonyl (C=O) groups is 1. The van der Waals surface area contributed by atoms with Gasteiger partial charge in [0, 0.05) is 11.6 Å².